The number of alkyl carbamates (subject to hydrolysis) is 1. The van der Waals surface area contributed by atoms with Gasteiger partial charge in [-0.25, -0.2) is 9.18 Å². The zero-order chi connectivity index (χ0) is 31.1. The minimum Gasteiger partial charge on any atom is -0.489 e. The van der Waals surface area contributed by atoms with Crippen LogP contribution in [0.5, 0.6) is 5.75 Å². The number of aliphatic carboxylic acids is 1. The lowest BCUT2D eigenvalue weighted by Crippen LogP contribution is -2.34. The Morgan fingerprint density at radius 3 is 2.60 bits per heavy atom. The summed E-state index contributed by atoms with van der Waals surface area (Å²) in [7, 11) is 1.98. The number of amides is 1. The van der Waals surface area contributed by atoms with Gasteiger partial charge < -0.3 is 29.5 Å². The number of anilines is 1. The number of likely N-dealkylation sites (N-methyl/N-ethyl adjacent to an activating group) is 1. The number of para-hydroxylation sites is 1. The molecule has 0 spiro atoms. The molecule has 1 unspecified atom stereocenters. The quantitative estimate of drug-likeness (QED) is 0.250. The van der Waals surface area contributed by atoms with Crippen LogP contribution in [0.15, 0.2) is 60.7 Å². The molecule has 2 N–H and O–H groups in total. The van der Waals surface area contributed by atoms with E-state index >= 15 is 4.39 Å². The van der Waals surface area contributed by atoms with Gasteiger partial charge in [0.1, 0.15) is 23.8 Å². The fourth-order valence-corrected chi connectivity index (χ4v) is 5.12. The summed E-state index contributed by atoms with van der Waals surface area (Å²) in [4.78, 5) is 25.8. The van der Waals surface area contributed by atoms with Crippen molar-refractivity contribution in [2.75, 3.05) is 25.1 Å². The average Bonchev–Trinajstić information content (AvgIpc) is 3.44. The lowest BCUT2D eigenvalue weighted by atomic mass is 9.97. The highest BCUT2D eigenvalue weighted by atomic mass is 19.1. The van der Waals surface area contributed by atoms with Gasteiger partial charge in [-0.3, -0.25) is 4.79 Å². The van der Waals surface area contributed by atoms with Crippen molar-refractivity contribution in [1.82, 2.24) is 5.32 Å². The average molecular weight is 593 g/mol. The maximum Gasteiger partial charge on any atom is 0.408 e. The third-order valence-corrected chi connectivity index (χ3v) is 7.17. The summed E-state index contributed by atoms with van der Waals surface area (Å²) >= 11 is 0. The monoisotopic (exact) mass is 592 g/mol. The Bertz CT molecular complexity index is 1430. The second-order valence-electron chi connectivity index (χ2n) is 11.9. The van der Waals surface area contributed by atoms with Crippen LogP contribution in [0.4, 0.5) is 14.9 Å². The number of hydrogen-bond acceptors (Lipinski definition) is 6. The van der Waals surface area contributed by atoms with Crippen LogP contribution >= 0.6 is 0 Å². The standard InChI is InChI=1S/C34H41FN2O6/c1-22(36-33(40)43-34(2,3)4)28-12-8-13-29(32(28)35)25-16-23(17-26(18-25)37(5)20-27-11-9-15-41-27)21-42-30-14-7-6-10-24(30)19-31(38)39/h6-8,10,12-14,16-18,22,27H,9,11,15,19-21H2,1-5H3,(H,36,40)(H,38,39)/t22-,27?/m1/s1. The van der Waals surface area contributed by atoms with Crippen LogP contribution in [0.1, 0.15) is 63.3 Å². The van der Waals surface area contributed by atoms with Gasteiger partial charge in [0.2, 0.25) is 0 Å². The van der Waals surface area contributed by atoms with Gasteiger partial charge in [-0.15, -0.1) is 0 Å². The molecule has 0 aliphatic carbocycles. The van der Waals surface area contributed by atoms with Crippen LogP contribution in [-0.2, 0) is 27.3 Å². The number of ether oxygens (including phenoxy) is 3. The number of carboxylic acid groups (broad SMARTS) is 1. The van der Waals surface area contributed by atoms with E-state index in [9.17, 15) is 14.7 Å². The van der Waals surface area contributed by atoms with Crippen LogP contribution in [-0.4, -0.2) is 49.1 Å². The lowest BCUT2D eigenvalue weighted by molar-refractivity contribution is -0.136. The number of rotatable bonds is 11. The van der Waals surface area contributed by atoms with Crippen molar-refractivity contribution in [3.8, 4) is 16.9 Å². The lowest BCUT2D eigenvalue weighted by Gasteiger charge is -2.25. The number of nitrogens with one attached hydrogen (secondary N) is 1. The Labute approximate surface area is 252 Å². The first-order chi connectivity index (χ1) is 20.4. The van der Waals surface area contributed by atoms with Crippen molar-refractivity contribution in [2.45, 2.75) is 71.3 Å². The number of carbonyl (C=O) groups is 2. The molecule has 1 amide bonds. The van der Waals surface area contributed by atoms with Crippen molar-refractivity contribution >= 4 is 17.7 Å². The Morgan fingerprint density at radius 1 is 1.14 bits per heavy atom. The van der Waals surface area contributed by atoms with Crippen molar-refractivity contribution in [2.24, 2.45) is 0 Å². The second kappa shape index (κ2) is 13.9. The molecule has 0 radical (unpaired) electrons. The molecule has 43 heavy (non-hydrogen) atoms. The van der Waals surface area contributed by atoms with E-state index in [1.807, 2.05) is 25.2 Å². The number of halogens is 1. The molecule has 3 aromatic carbocycles. The van der Waals surface area contributed by atoms with E-state index in [2.05, 4.69) is 10.2 Å². The normalized spacial score (nSPS) is 15.5. The third kappa shape index (κ3) is 8.94. The Kier molecular flexibility index (Phi) is 10.3. The van der Waals surface area contributed by atoms with Gasteiger partial charge in [-0.1, -0.05) is 36.4 Å². The van der Waals surface area contributed by atoms with Gasteiger partial charge in [0.05, 0.1) is 18.6 Å². The summed E-state index contributed by atoms with van der Waals surface area (Å²) in [5.41, 5.74) is 2.94. The fourth-order valence-electron chi connectivity index (χ4n) is 5.12. The van der Waals surface area contributed by atoms with Crippen LogP contribution in [0, 0.1) is 5.82 Å². The van der Waals surface area contributed by atoms with Gasteiger partial charge in [0.15, 0.2) is 0 Å². The largest absolute Gasteiger partial charge is 0.489 e. The van der Waals surface area contributed by atoms with Crippen LogP contribution in [0.3, 0.4) is 0 Å². The first-order valence-corrected chi connectivity index (χ1v) is 14.6. The second-order valence-corrected chi connectivity index (χ2v) is 11.9. The molecular formula is C34H41FN2O6. The zero-order valence-electron chi connectivity index (χ0n) is 25.5. The Balaban J connectivity index is 1.65. The molecule has 0 aromatic heterocycles. The van der Waals surface area contributed by atoms with Crippen LogP contribution in [0.25, 0.3) is 11.1 Å². The molecule has 4 rings (SSSR count). The summed E-state index contributed by atoms with van der Waals surface area (Å²) in [6.45, 7) is 8.62. The zero-order valence-corrected chi connectivity index (χ0v) is 25.5. The minimum atomic E-state index is -0.943. The van der Waals surface area contributed by atoms with Crippen LogP contribution in [0.2, 0.25) is 0 Å². The predicted octanol–water partition coefficient (Wildman–Crippen LogP) is 6.90. The fraction of sp³-hybridized carbons (Fsp3) is 0.412. The molecule has 0 saturated carbocycles. The van der Waals surface area contributed by atoms with E-state index in [1.54, 1.807) is 70.2 Å². The molecule has 1 fully saturated rings. The third-order valence-electron chi connectivity index (χ3n) is 7.17. The first-order valence-electron chi connectivity index (χ1n) is 14.6. The van der Waals surface area contributed by atoms with Gasteiger partial charge >= 0.3 is 12.1 Å². The van der Waals surface area contributed by atoms with E-state index in [1.165, 1.54) is 0 Å². The van der Waals surface area contributed by atoms with Crippen molar-refractivity contribution < 1.29 is 33.3 Å². The van der Waals surface area contributed by atoms with Crippen molar-refractivity contribution in [3.63, 3.8) is 0 Å². The Morgan fingerprint density at radius 2 is 1.91 bits per heavy atom. The summed E-state index contributed by atoms with van der Waals surface area (Å²) in [5.74, 6) is -0.898. The molecule has 3 aromatic rings. The number of nitrogens with zero attached hydrogens (tertiary/aromatic N) is 1. The van der Waals surface area contributed by atoms with Crippen molar-refractivity contribution in [1.29, 1.82) is 0 Å². The van der Waals surface area contributed by atoms with E-state index in [-0.39, 0.29) is 19.1 Å². The smallest absolute Gasteiger partial charge is 0.408 e. The molecule has 1 aliphatic rings. The van der Waals surface area contributed by atoms with E-state index < -0.39 is 29.5 Å². The van der Waals surface area contributed by atoms with Crippen molar-refractivity contribution in [3.05, 3.63) is 83.2 Å². The summed E-state index contributed by atoms with van der Waals surface area (Å²) < 4.78 is 33.4. The molecule has 230 valence electrons. The molecule has 1 heterocycles. The number of carboxylic acids is 1. The van der Waals surface area contributed by atoms with Gasteiger partial charge in [0.25, 0.3) is 0 Å². The Hall–Kier alpha value is -4.11. The molecule has 2 atom stereocenters. The molecule has 9 heteroatoms. The first kappa shape index (κ1) is 31.8. The van der Waals surface area contributed by atoms with Gasteiger partial charge in [-0.05, 0) is 75.9 Å². The minimum absolute atomic E-state index is 0.121. The summed E-state index contributed by atoms with van der Waals surface area (Å²) in [6, 6.07) is 17.3. The molecule has 1 saturated heterocycles. The van der Waals surface area contributed by atoms with Crippen LogP contribution < -0.4 is 15.0 Å². The maximum atomic E-state index is 16.1. The highest BCUT2D eigenvalue weighted by molar-refractivity contribution is 5.73. The number of hydrogen-bond donors (Lipinski definition) is 2. The van der Waals surface area contributed by atoms with E-state index in [0.717, 1.165) is 30.7 Å². The SMILES string of the molecule is C[C@@H](NC(=O)OC(C)(C)C)c1cccc(-c2cc(COc3ccccc3CC(=O)O)cc(N(C)CC3CCCO3)c2)c1F. The summed E-state index contributed by atoms with van der Waals surface area (Å²) in [6.07, 6.45) is 1.36. The summed E-state index contributed by atoms with van der Waals surface area (Å²) in [5, 5.41) is 12.0. The highest BCUT2D eigenvalue weighted by Gasteiger charge is 2.23. The van der Waals surface area contributed by atoms with E-state index in [0.29, 0.717) is 34.5 Å². The maximum absolute atomic E-state index is 16.1. The molecule has 0 bridgehead atoms. The molecule has 1 aliphatic heterocycles. The number of carbonyl (C=O) groups excluding carboxylic acids is 1. The highest BCUT2D eigenvalue weighted by Crippen LogP contribution is 2.33. The predicted molar refractivity (Wildman–Crippen MR) is 164 cm³/mol. The topological polar surface area (TPSA) is 97.3 Å². The van der Waals surface area contributed by atoms with E-state index in [4.69, 9.17) is 14.2 Å². The number of benzene rings is 3. The molecule has 8 nitrogen and oxygen atoms in total. The molecular weight excluding hydrogens is 551 g/mol. The van der Waals surface area contributed by atoms with Gasteiger partial charge in [0, 0.05) is 42.6 Å². The van der Waals surface area contributed by atoms with Gasteiger partial charge in [-0.2, -0.15) is 0 Å².